The summed E-state index contributed by atoms with van der Waals surface area (Å²) in [7, 11) is 0. The molecule has 1 fully saturated rings. The standard InChI is InChI=1S/C18H28N2/c1-5-9-15(6-2)16(14(3)4)12-13-20-18-11-8-7-10-17(18)19/h5-6,9,12-13,17-18,20H,2-3,7-8,10-11,19H2,1,4H3/b9-5-,13-12+,16-15+. The van der Waals surface area contributed by atoms with Gasteiger partial charge in [-0.3, -0.25) is 0 Å². The monoisotopic (exact) mass is 272 g/mol. The maximum absolute atomic E-state index is 6.14. The molecule has 0 spiro atoms. The predicted molar refractivity (Wildman–Crippen MR) is 89.4 cm³/mol. The van der Waals surface area contributed by atoms with E-state index in [-0.39, 0.29) is 6.04 Å². The predicted octanol–water partition coefficient (Wildman–Crippen LogP) is 3.99. The minimum atomic E-state index is 0.264. The molecule has 0 aliphatic heterocycles. The van der Waals surface area contributed by atoms with E-state index >= 15 is 0 Å². The average molecular weight is 272 g/mol. The Morgan fingerprint density at radius 2 is 1.95 bits per heavy atom. The van der Waals surface area contributed by atoms with Gasteiger partial charge in [0.2, 0.25) is 0 Å². The third-order valence-corrected chi connectivity index (χ3v) is 3.72. The van der Waals surface area contributed by atoms with E-state index < -0.39 is 0 Å². The molecule has 0 aromatic carbocycles. The lowest BCUT2D eigenvalue weighted by Crippen LogP contribution is -2.45. The van der Waals surface area contributed by atoms with Gasteiger partial charge in [0.1, 0.15) is 0 Å². The van der Waals surface area contributed by atoms with Crippen molar-refractivity contribution in [2.24, 2.45) is 5.73 Å². The molecule has 1 aliphatic carbocycles. The summed E-state index contributed by atoms with van der Waals surface area (Å²) < 4.78 is 0. The smallest absolute Gasteiger partial charge is 0.0407 e. The summed E-state index contributed by atoms with van der Waals surface area (Å²) in [6, 6.07) is 0.653. The molecule has 2 atom stereocenters. The number of nitrogens with one attached hydrogen (secondary N) is 1. The zero-order valence-electron chi connectivity index (χ0n) is 12.9. The summed E-state index contributed by atoms with van der Waals surface area (Å²) in [6.45, 7) is 11.9. The van der Waals surface area contributed by atoms with E-state index in [4.69, 9.17) is 5.73 Å². The molecule has 0 saturated heterocycles. The highest BCUT2D eigenvalue weighted by Gasteiger charge is 2.19. The largest absolute Gasteiger partial charge is 0.387 e. The van der Waals surface area contributed by atoms with Crippen LogP contribution in [0.3, 0.4) is 0 Å². The topological polar surface area (TPSA) is 38.0 Å². The van der Waals surface area contributed by atoms with Crippen molar-refractivity contribution in [1.29, 1.82) is 0 Å². The van der Waals surface area contributed by atoms with Gasteiger partial charge in [0.05, 0.1) is 0 Å². The van der Waals surface area contributed by atoms with Gasteiger partial charge < -0.3 is 11.1 Å². The molecule has 110 valence electrons. The van der Waals surface area contributed by atoms with Gasteiger partial charge >= 0.3 is 0 Å². The van der Waals surface area contributed by atoms with Gasteiger partial charge in [0.25, 0.3) is 0 Å². The summed E-state index contributed by atoms with van der Waals surface area (Å²) in [4.78, 5) is 0. The van der Waals surface area contributed by atoms with Crippen molar-refractivity contribution in [1.82, 2.24) is 5.32 Å². The normalized spacial score (nSPS) is 24.8. The Morgan fingerprint density at radius 1 is 1.25 bits per heavy atom. The highest BCUT2D eigenvalue weighted by molar-refractivity contribution is 5.49. The number of hydrogen-bond donors (Lipinski definition) is 2. The molecule has 2 nitrogen and oxygen atoms in total. The van der Waals surface area contributed by atoms with Crippen LogP contribution in [-0.2, 0) is 0 Å². The van der Waals surface area contributed by atoms with Crippen molar-refractivity contribution < 1.29 is 0 Å². The second-order valence-corrected chi connectivity index (χ2v) is 5.41. The lowest BCUT2D eigenvalue weighted by atomic mass is 9.91. The number of hydrogen-bond acceptors (Lipinski definition) is 2. The van der Waals surface area contributed by atoms with Crippen molar-refractivity contribution in [3.8, 4) is 0 Å². The van der Waals surface area contributed by atoms with Gasteiger partial charge in [-0.25, -0.2) is 0 Å². The fourth-order valence-corrected chi connectivity index (χ4v) is 2.55. The molecule has 0 aromatic heterocycles. The molecule has 0 radical (unpaired) electrons. The average Bonchev–Trinajstić information content (AvgIpc) is 2.43. The van der Waals surface area contributed by atoms with Crippen LogP contribution in [0.15, 0.2) is 60.4 Å². The van der Waals surface area contributed by atoms with Gasteiger partial charge in [-0.15, -0.1) is 0 Å². The summed E-state index contributed by atoms with van der Waals surface area (Å²) >= 11 is 0. The van der Waals surface area contributed by atoms with E-state index in [2.05, 4.69) is 24.6 Å². The Hall–Kier alpha value is -1.54. The van der Waals surface area contributed by atoms with Crippen molar-refractivity contribution in [3.05, 3.63) is 60.4 Å². The molecular weight excluding hydrogens is 244 g/mol. The molecule has 0 heterocycles. The van der Waals surface area contributed by atoms with E-state index in [1.54, 1.807) is 0 Å². The summed E-state index contributed by atoms with van der Waals surface area (Å²) in [5.74, 6) is 0. The van der Waals surface area contributed by atoms with E-state index in [0.717, 1.165) is 29.6 Å². The van der Waals surface area contributed by atoms with Crippen LogP contribution in [0.2, 0.25) is 0 Å². The molecule has 1 aliphatic rings. The zero-order valence-corrected chi connectivity index (χ0v) is 12.9. The molecule has 2 unspecified atom stereocenters. The summed E-state index contributed by atoms with van der Waals surface area (Å²) in [5.41, 5.74) is 9.36. The Labute approximate surface area is 123 Å². The van der Waals surface area contributed by atoms with Crippen LogP contribution in [0.4, 0.5) is 0 Å². The SMILES string of the molecule is C=CC(/C=C\C)=C(/C=C/NC1CCCCC1N)C(=C)C. The molecule has 0 aromatic rings. The first-order chi connectivity index (χ1) is 9.60. The lowest BCUT2D eigenvalue weighted by Gasteiger charge is -2.28. The van der Waals surface area contributed by atoms with E-state index in [1.807, 2.05) is 38.3 Å². The number of allylic oxidation sites excluding steroid dienone is 7. The highest BCUT2D eigenvalue weighted by atomic mass is 14.9. The van der Waals surface area contributed by atoms with E-state index in [9.17, 15) is 0 Å². The van der Waals surface area contributed by atoms with Crippen LogP contribution in [0, 0.1) is 0 Å². The fraction of sp³-hybridized carbons (Fsp3) is 0.444. The molecule has 0 amide bonds. The minimum absolute atomic E-state index is 0.264. The third-order valence-electron chi connectivity index (χ3n) is 3.72. The first kappa shape index (κ1) is 16.5. The second-order valence-electron chi connectivity index (χ2n) is 5.41. The highest BCUT2D eigenvalue weighted by Crippen LogP contribution is 2.19. The Kier molecular flexibility index (Phi) is 7.10. The third kappa shape index (κ3) is 4.86. The van der Waals surface area contributed by atoms with Crippen LogP contribution in [-0.4, -0.2) is 12.1 Å². The number of rotatable bonds is 6. The van der Waals surface area contributed by atoms with Crippen LogP contribution in [0.25, 0.3) is 0 Å². The molecule has 1 saturated carbocycles. The second kappa shape index (κ2) is 8.60. The van der Waals surface area contributed by atoms with Gasteiger partial charge in [0, 0.05) is 12.1 Å². The van der Waals surface area contributed by atoms with Gasteiger partial charge in [0.15, 0.2) is 0 Å². The summed E-state index contributed by atoms with van der Waals surface area (Å²) in [5, 5.41) is 3.44. The minimum Gasteiger partial charge on any atom is -0.387 e. The number of nitrogens with two attached hydrogens (primary N) is 1. The molecule has 1 rings (SSSR count). The Bertz CT molecular complexity index is 427. The van der Waals surface area contributed by atoms with Crippen LogP contribution in [0.1, 0.15) is 39.5 Å². The van der Waals surface area contributed by atoms with Gasteiger partial charge in [-0.2, -0.15) is 0 Å². The van der Waals surface area contributed by atoms with Crippen LogP contribution < -0.4 is 11.1 Å². The van der Waals surface area contributed by atoms with Crippen molar-refractivity contribution >= 4 is 0 Å². The van der Waals surface area contributed by atoms with Crippen LogP contribution >= 0.6 is 0 Å². The molecular formula is C18H28N2. The molecule has 0 bridgehead atoms. The van der Waals surface area contributed by atoms with E-state index in [1.165, 1.54) is 12.8 Å². The molecule has 20 heavy (non-hydrogen) atoms. The zero-order chi connectivity index (χ0) is 15.0. The first-order valence-electron chi connectivity index (χ1n) is 7.43. The fourth-order valence-electron chi connectivity index (χ4n) is 2.55. The van der Waals surface area contributed by atoms with Crippen molar-refractivity contribution in [2.75, 3.05) is 0 Å². The van der Waals surface area contributed by atoms with Crippen molar-refractivity contribution in [2.45, 2.75) is 51.6 Å². The molecule has 2 heteroatoms. The lowest BCUT2D eigenvalue weighted by molar-refractivity contribution is 0.352. The van der Waals surface area contributed by atoms with Gasteiger partial charge in [-0.1, -0.05) is 49.8 Å². The van der Waals surface area contributed by atoms with Crippen molar-refractivity contribution in [3.63, 3.8) is 0 Å². The first-order valence-corrected chi connectivity index (χ1v) is 7.43. The molecule has 3 N–H and O–H groups in total. The Morgan fingerprint density at radius 3 is 2.50 bits per heavy atom. The Balaban J connectivity index is 2.77. The van der Waals surface area contributed by atoms with E-state index in [0.29, 0.717) is 6.04 Å². The quantitative estimate of drug-likeness (QED) is 0.717. The maximum atomic E-state index is 6.14. The van der Waals surface area contributed by atoms with Gasteiger partial charge in [-0.05, 0) is 50.1 Å². The maximum Gasteiger partial charge on any atom is 0.0407 e. The summed E-state index contributed by atoms with van der Waals surface area (Å²) in [6.07, 6.45) is 14.8. The van der Waals surface area contributed by atoms with Crippen LogP contribution in [0.5, 0.6) is 0 Å².